The number of amides is 2. The molecule has 0 bridgehead atoms. The Morgan fingerprint density at radius 2 is 0.950 bits per heavy atom. The van der Waals surface area contributed by atoms with Gasteiger partial charge in [0, 0.05) is 50.1 Å². The van der Waals surface area contributed by atoms with Gasteiger partial charge in [0.15, 0.2) is 12.2 Å². The average molecular weight is 674 g/mol. The van der Waals surface area contributed by atoms with Gasteiger partial charge in [-0.15, -0.1) is 0 Å². The molecule has 4 aliphatic heterocycles. The third-order valence-corrected chi connectivity index (χ3v) is 8.55. The van der Waals surface area contributed by atoms with Crippen molar-refractivity contribution >= 4 is 52.9 Å². The average Bonchev–Trinajstić information content (AvgIpc) is 3.66. The van der Waals surface area contributed by atoms with Gasteiger partial charge in [-0.25, -0.2) is 0 Å². The van der Waals surface area contributed by atoms with Crippen LogP contribution in [-0.2, 0) is 9.68 Å². The topological polar surface area (TPSA) is 83.8 Å². The van der Waals surface area contributed by atoms with E-state index in [-0.39, 0.29) is 24.0 Å². The van der Waals surface area contributed by atoms with Crippen molar-refractivity contribution in [3.8, 4) is 0 Å². The maximum absolute atomic E-state index is 12.3. The number of nitrogens with zero attached hydrogens (tertiary/aromatic N) is 4. The number of halogens is 2. The highest BCUT2D eigenvalue weighted by atomic mass is 79.9. The van der Waals surface area contributed by atoms with Gasteiger partial charge in [-0.1, -0.05) is 34.6 Å². The predicted molar refractivity (Wildman–Crippen MR) is 162 cm³/mol. The molecule has 0 aromatic heterocycles. The van der Waals surface area contributed by atoms with Crippen molar-refractivity contribution in [3.63, 3.8) is 0 Å². The quantitative estimate of drug-likeness (QED) is 0.351. The summed E-state index contributed by atoms with van der Waals surface area (Å²) in [4.78, 5) is 39.2. The molecule has 4 aliphatic rings. The van der Waals surface area contributed by atoms with Crippen LogP contribution in [0.5, 0.6) is 0 Å². The molecule has 0 spiro atoms. The van der Waals surface area contributed by atoms with E-state index < -0.39 is 0 Å². The molecule has 6 rings (SSSR count). The number of hydrogen-bond acceptors (Lipinski definition) is 6. The number of carbonyl (C=O) groups excluding carboxylic acids is 2. The van der Waals surface area contributed by atoms with Gasteiger partial charge in [0.25, 0.3) is 11.8 Å². The highest BCUT2D eigenvalue weighted by molar-refractivity contribution is 9.18. The van der Waals surface area contributed by atoms with Gasteiger partial charge in [0.1, 0.15) is 9.24 Å². The van der Waals surface area contributed by atoms with Crippen LogP contribution in [-0.4, -0.2) is 57.0 Å². The summed E-state index contributed by atoms with van der Waals surface area (Å²) in [5.74, 6) is 0.280. The smallest absolute Gasteiger partial charge is 0.253 e. The van der Waals surface area contributed by atoms with Crippen molar-refractivity contribution in [2.45, 2.75) is 63.6 Å². The first-order valence-corrected chi connectivity index (χ1v) is 15.6. The summed E-state index contributed by atoms with van der Waals surface area (Å²) in [6, 6.07) is 15.4. The van der Waals surface area contributed by atoms with Gasteiger partial charge in [0.05, 0.1) is 0 Å². The molecular formula is C30H34Br2N4O4. The van der Waals surface area contributed by atoms with Gasteiger partial charge in [-0.2, -0.15) is 0 Å². The van der Waals surface area contributed by atoms with E-state index in [0.29, 0.717) is 0 Å². The van der Waals surface area contributed by atoms with Crippen LogP contribution in [0, 0.1) is 0 Å². The monoisotopic (exact) mass is 672 g/mol. The molecule has 2 saturated heterocycles. The Hall–Kier alpha value is -2.72. The molecule has 0 aliphatic carbocycles. The lowest BCUT2D eigenvalue weighted by Gasteiger charge is -2.26. The summed E-state index contributed by atoms with van der Waals surface area (Å²) in [5.41, 5.74) is 3.62. The molecule has 0 saturated carbocycles. The maximum atomic E-state index is 12.3. The van der Waals surface area contributed by atoms with Gasteiger partial charge in [-0.3, -0.25) is 9.59 Å². The Kier molecular flexibility index (Phi) is 9.91. The highest BCUT2D eigenvalue weighted by Gasteiger charge is 2.24. The summed E-state index contributed by atoms with van der Waals surface area (Å²) < 4.78 is 1.66. The zero-order valence-corrected chi connectivity index (χ0v) is 25.6. The van der Waals surface area contributed by atoms with Crippen LogP contribution in [0.1, 0.15) is 95.4 Å². The van der Waals surface area contributed by atoms with E-state index in [1.165, 1.54) is 12.8 Å². The molecule has 10 heteroatoms. The lowest BCUT2D eigenvalue weighted by Crippen LogP contribution is -2.35. The van der Waals surface area contributed by atoms with E-state index in [4.69, 9.17) is 9.68 Å². The summed E-state index contributed by atoms with van der Waals surface area (Å²) in [5, 5.41) is 7.77. The SMILES string of the molecule is O=C(c1ccc([C@@H]2CC(Br)=NO2)cc1)N1CCCCC1.O=C(c1ccc([C@H]2CC(Br)=NO2)cc1)N1CCCCC1. The molecule has 4 heterocycles. The Labute approximate surface area is 252 Å². The van der Waals surface area contributed by atoms with E-state index >= 15 is 0 Å². The molecule has 0 radical (unpaired) electrons. The normalized spacial score (nSPS) is 22.4. The first kappa shape index (κ1) is 28.8. The lowest BCUT2D eigenvalue weighted by molar-refractivity contribution is 0.0716. The molecule has 2 atom stereocenters. The summed E-state index contributed by atoms with van der Waals surface area (Å²) >= 11 is 6.66. The Balaban J connectivity index is 0.000000161. The van der Waals surface area contributed by atoms with Crippen molar-refractivity contribution in [3.05, 3.63) is 70.8 Å². The third-order valence-electron chi connectivity index (χ3n) is 7.61. The molecule has 2 fully saturated rings. The molecule has 2 amide bonds. The van der Waals surface area contributed by atoms with E-state index in [0.717, 1.165) is 96.2 Å². The second-order valence-electron chi connectivity index (χ2n) is 10.5. The fourth-order valence-electron chi connectivity index (χ4n) is 5.29. The van der Waals surface area contributed by atoms with E-state index in [2.05, 4.69) is 42.2 Å². The Morgan fingerprint density at radius 3 is 1.25 bits per heavy atom. The van der Waals surface area contributed by atoms with Crippen molar-refractivity contribution in [1.29, 1.82) is 0 Å². The minimum absolute atomic E-state index is 0.0384. The van der Waals surface area contributed by atoms with Crippen molar-refractivity contribution in [1.82, 2.24) is 9.80 Å². The molecule has 40 heavy (non-hydrogen) atoms. The number of hydrogen-bond donors (Lipinski definition) is 0. The van der Waals surface area contributed by atoms with Crippen molar-refractivity contribution in [2.75, 3.05) is 26.2 Å². The largest absolute Gasteiger partial charge is 0.386 e. The van der Waals surface area contributed by atoms with E-state index in [1.54, 1.807) is 0 Å². The summed E-state index contributed by atoms with van der Waals surface area (Å²) in [6.07, 6.45) is 8.35. The molecule has 2 aromatic carbocycles. The van der Waals surface area contributed by atoms with Crippen LogP contribution in [0.25, 0.3) is 0 Å². The van der Waals surface area contributed by atoms with Crippen LogP contribution in [0.4, 0.5) is 0 Å². The third kappa shape index (κ3) is 7.32. The minimum atomic E-state index is -0.0384. The van der Waals surface area contributed by atoms with Crippen LogP contribution in [0.15, 0.2) is 58.8 Å². The molecule has 0 N–H and O–H groups in total. The standard InChI is InChI=1S/2C15H17BrN2O2/c2*16-14-10-13(20-17-14)11-4-6-12(7-5-11)15(19)18-8-2-1-3-9-18/h2*4-7,13H,1-3,8-10H2/t2*13-/m10/s1. The summed E-state index contributed by atoms with van der Waals surface area (Å²) in [6.45, 7) is 3.53. The first-order chi connectivity index (χ1) is 19.5. The predicted octanol–water partition coefficient (Wildman–Crippen LogP) is 6.97. The van der Waals surface area contributed by atoms with E-state index in [9.17, 15) is 9.59 Å². The van der Waals surface area contributed by atoms with Crippen LogP contribution in [0.2, 0.25) is 0 Å². The van der Waals surface area contributed by atoms with Gasteiger partial charge < -0.3 is 19.5 Å². The van der Waals surface area contributed by atoms with Gasteiger partial charge >= 0.3 is 0 Å². The van der Waals surface area contributed by atoms with Gasteiger partial charge in [-0.05, 0) is 106 Å². The molecule has 212 valence electrons. The minimum Gasteiger partial charge on any atom is -0.386 e. The van der Waals surface area contributed by atoms with Crippen LogP contribution in [0.3, 0.4) is 0 Å². The number of benzene rings is 2. The molecular weight excluding hydrogens is 640 g/mol. The summed E-state index contributed by atoms with van der Waals surface area (Å²) in [7, 11) is 0. The fourth-order valence-corrected chi connectivity index (χ4v) is 6.05. The number of likely N-dealkylation sites (tertiary alicyclic amines) is 2. The highest BCUT2D eigenvalue weighted by Crippen LogP contribution is 2.30. The van der Waals surface area contributed by atoms with Crippen LogP contribution >= 0.6 is 31.9 Å². The van der Waals surface area contributed by atoms with Crippen LogP contribution < -0.4 is 0 Å². The zero-order valence-electron chi connectivity index (χ0n) is 22.4. The molecule has 2 aromatic rings. The molecule has 8 nitrogen and oxygen atoms in total. The number of piperidine rings is 2. The maximum Gasteiger partial charge on any atom is 0.253 e. The number of carbonyl (C=O) groups is 2. The van der Waals surface area contributed by atoms with Crippen molar-refractivity contribution < 1.29 is 19.3 Å². The zero-order chi connectivity index (χ0) is 27.9. The second kappa shape index (κ2) is 13.8. The Morgan fingerprint density at radius 1 is 0.600 bits per heavy atom. The van der Waals surface area contributed by atoms with Gasteiger partial charge in [0.2, 0.25) is 0 Å². The second-order valence-corrected chi connectivity index (χ2v) is 12.3. The number of oxime groups is 2. The lowest BCUT2D eigenvalue weighted by atomic mass is 10.0. The Bertz CT molecular complexity index is 1140. The van der Waals surface area contributed by atoms with Crippen molar-refractivity contribution in [2.24, 2.45) is 10.3 Å². The first-order valence-electron chi connectivity index (χ1n) is 14.0. The fraction of sp³-hybridized carbons (Fsp3) is 0.467. The number of rotatable bonds is 4. The van der Waals surface area contributed by atoms with E-state index in [1.807, 2.05) is 58.3 Å². The molecule has 0 unspecified atom stereocenters.